The van der Waals surface area contributed by atoms with Gasteiger partial charge < -0.3 is 14.7 Å². The first-order valence-electron chi connectivity index (χ1n) is 4.42. The molecule has 0 fully saturated rings. The lowest BCUT2D eigenvalue weighted by Crippen LogP contribution is -2.04. The highest BCUT2D eigenvalue weighted by Crippen LogP contribution is 2.07. The zero-order valence-electron chi connectivity index (χ0n) is 7.64. The van der Waals surface area contributed by atoms with Crippen molar-refractivity contribution in [3.05, 3.63) is 35.9 Å². The SMILES string of the molecule is NCCc1noc(Cc2ccco2)n1. The highest BCUT2D eigenvalue weighted by molar-refractivity contribution is 5.04. The number of rotatable bonds is 4. The van der Waals surface area contributed by atoms with E-state index < -0.39 is 0 Å². The van der Waals surface area contributed by atoms with Gasteiger partial charge in [-0.15, -0.1) is 0 Å². The molecule has 0 aliphatic carbocycles. The molecule has 14 heavy (non-hydrogen) atoms. The van der Waals surface area contributed by atoms with Crippen molar-refractivity contribution < 1.29 is 8.94 Å². The molecule has 2 aromatic rings. The van der Waals surface area contributed by atoms with Crippen molar-refractivity contribution in [2.45, 2.75) is 12.8 Å². The quantitative estimate of drug-likeness (QED) is 0.775. The minimum Gasteiger partial charge on any atom is -0.469 e. The highest BCUT2D eigenvalue weighted by Gasteiger charge is 2.07. The molecule has 0 aliphatic rings. The minimum atomic E-state index is 0.528. The van der Waals surface area contributed by atoms with E-state index in [1.165, 1.54) is 0 Å². The summed E-state index contributed by atoms with van der Waals surface area (Å²) in [7, 11) is 0. The number of hydrogen-bond donors (Lipinski definition) is 1. The molecular weight excluding hydrogens is 182 g/mol. The zero-order valence-corrected chi connectivity index (χ0v) is 7.64. The first-order chi connectivity index (χ1) is 6.88. The third-order valence-electron chi connectivity index (χ3n) is 1.78. The summed E-state index contributed by atoms with van der Waals surface area (Å²) in [6.07, 6.45) is 2.79. The van der Waals surface area contributed by atoms with Crippen molar-refractivity contribution in [1.82, 2.24) is 10.1 Å². The zero-order chi connectivity index (χ0) is 9.80. The van der Waals surface area contributed by atoms with E-state index in [2.05, 4.69) is 10.1 Å². The molecule has 5 nitrogen and oxygen atoms in total. The van der Waals surface area contributed by atoms with Crippen LogP contribution in [0.4, 0.5) is 0 Å². The standard InChI is InChI=1S/C9H11N3O2/c10-4-3-8-11-9(14-12-8)6-7-2-1-5-13-7/h1-2,5H,3-4,6,10H2. The van der Waals surface area contributed by atoms with Gasteiger partial charge in [-0.3, -0.25) is 0 Å². The maximum absolute atomic E-state index is 5.37. The minimum absolute atomic E-state index is 0.528. The third-order valence-corrected chi connectivity index (χ3v) is 1.78. The normalized spacial score (nSPS) is 10.6. The molecule has 0 radical (unpaired) electrons. The fourth-order valence-electron chi connectivity index (χ4n) is 1.15. The molecule has 0 aromatic carbocycles. The molecule has 0 amide bonds. The van der Waals surface area contributed by atoms with Gasteiger partial charge in [-0.25, -0.2) is 0 Å². The summed E-state index contributed by atoms with van der Waals surface area (Å²) >= 11 is 0. The average Bonchev–Trinajstić information content (AvgIpc) is 2.79. The van der Waals surface area contributed by atoms with E-state index in [1.807, 2.05) is 12.1 Å². The van der Waals surface area contributed by atoms with E-state index in [1.54, 1.807) is 6.26 Å². The van der Waals surface area contributed by atoms with Crippen LogP contribution in [-0.2, 0) is 12.8 Å². The summed E-state index contributed by atoms with van der Waals surface area (Å²) in [5, 5.41) is 3.78. The molecule has 5 heteroatoms. The molecular formula is C9H11N3O2. The van der Waals surface area contributed by atoms with E-state index in [4.69, 9.17) is 14.7 Å². The van der Waals surface area contributed by atoms with Gasteiger partial charge in [-0.1, -0.05) is 5.16 Å². The lowest BCUT2D eigenvalue weighted by molar-refractivity contribution is 0.370. The largest absolute Gasteiger partial charge is 0.469 e. The van der Waals surface area contributed by atoms with Gasteiger partial charge in [0.2, 0.25) is 5.89 Å². The van der Waals surface area contributed by atoms with Crippen molar-refractivity contribution in [2.75, 3.05) is 6.54 Å². The second-order valence-corrected chi connectivity index (χ2v) is 2.90. The lowest BCUT2D eigenvalue weighted by Gasteiger charge is -1.87. The predicted molar refractivity (Wildman–Crippen MR) is 48.6 cm³/mol. The van der Waals surface area contributed by atoms with Crippen LogP contribution in [0.2, 0.25) is 0 Å². The van der Waals surface area contributed by atoms with E-state index >= 15 is 0 Å². The number of hydrogen-bond acceptors (Lipinski definition) is 5. The van der Waals surface area contributed by atoms with E-state index in [0.717, 1.165) is 5.76 Å². The van der Waals surface area contributed by atoms with Gasteiger partial charge in [-0.2, -0.15) is 4.98 Å². The molecule has 0 spiro atoms. The number of aromatic nitrogens is 2. The van der Waals surface area contributed by atoms with Crippen molar-refractivity contribution in [1.29, 1.82) is 0 Å². The van der Waals surface area contributed by atoms with Gasteiger partial charge in [0, 0.05) is 6.42 Å². The van der Waals surface area contributed by atoms with Crippen molar-refractivity contribution in [3.63, 3.8) is 0 Å². The Morgan fingerprint density at radius 3 is 3.07 bits per heavy atom. The Balaban J connectivity index is 2.03. The molecule has 0 atom stereocenters. The van der Waals surface area contributed by atoms with Crippen LogP contribution in [0.1, 0.15) is 17.5 Å². The number of furan rings is 1. The Hall–Kier alpha value is -1.62. The Morgan fingerprint density at radius 1 is 1.43 bits per heavy atom. The number of nitrogens with zero attached hydrogens (tertiary/aromatic N) is 2. The lowest BCUT2D eigenvalue weighted by atomic mass is 10.3. The van der Waals surface area contributed by atoms with Crippen LogP contribution < -0.4 is 5.73 Å². The first-order valence-corrected chi connectivity index (χ1v) is 4.42. The van der Waals surface area contributed by atoms with Crippen LogP contribution in [0.5, 0.6) is 0 Å². The topological polar surface area (TPSA) is 78.1 Å². The van der Waals surface area contributed by atoms with Crippen molar-refractivity contribution in [2.24, 2.45) is 5.73 Å². The Kier molecular flexibility index (Phi) is 2.60. The molecule has 0 aliphatic heterocycles. The van der Waals surface area contributed by atoms with Crippen LogP contribution in [0, 0.1) is 0 Å². The third kappa shape index (κ3) is 2.00. The van der Waals surface area contributed by atoms with Crippen LogP contribution in [0.3, 0.4) is 0 Å². The fraction of sp³-hybridized carbons (Fsp3) is 0.333. The van der Waals surface area contributed by atoms with E-state index in [-0.39, 0.29) is 0 Å². The summed E-state index contributed by atoms with van der Waals surface area (Å²) in [4.78, 5) is 4.16. The van der Waals surface area contributed by atoms with E-state index in [9.17, 15) is 0 Å². The van der Waals surface area contributed by atoms with Gasteiger partial charge in [-0.05, 0) is 18.7 Å². The molecule has 2 aromatic heterocycles. The maximum atomic E-state index is 5.37. The monoisotopic (exact) mass is 193 g/mol. The second kappa shape index (κ2) is 4.06. The molecule has 0 bridgehead atoms. The predicted octanol–water partition coefficient (Wildman–Crippen LogP) is 0.755. The first kappa shape index (κ1) is 8.96. The van der Waals surface area contributed by atoms with Gasteiger partial charge in [0.1, 0.15) is 5.76 Å². The molecule has 2 N–H and O–H groups in total. The molecule has 2 rings (SSSR count). The van der Waals surface area contributed by atoms with Crippen molar-refractivity contribution >= 4 is 0 Å². The smallest absolute Gasteiger partial charge is 0.234 e. The van der Waals surface area contributed by atoms with Crippen LogP contribution in [0.25, 0.3) is 0 Å². The van der Waals surface area contributed by atoms with Gasteiger partial charge in [0.25, 0.3) is 0 Å². The molecule has 74 valence electrons. The molecule has 0 unspecified atom stereocenters. The van der Waals surface area contributed by atoms with Gasteiger partial charge in [0.05, 0.1) is 12.7 Å². The summed E-state index contributed by atoms with van der Waals surface area (Å²) in [5.74, 6) is 2.02. The van der Waals surface area contributed by atoms with Gasteiger partial charge >= 0.3 is 0 Å². The molecule has 0 saturated heterocycles. The van der Waals surface area contributed by atoms with Crippen molar-refractivity contribution in [3.8, 4) is 0 Å². The Morgan fingerprint density at radius 2 is 2.36 bits per heavy atom. The number of nitrogens with two attached hydrogens (primary N) is 1. The summed E-state index contributed by atoms with van der Waals surface area (Å²) in [5.41, 5.74) is 5.37. The van der Waals surface area contributed by atoms with E-state index in [0.29, 0.717) is 31.1 Å². The second-order valence-electron chi connectivity index (χ2n) is 2.90. The van der Waals surface area contributed by atoms with Crippen LogP contribution in [-0.4, -0.2) is 16.7 Å². The van der Waals surface area contributed by atoms with Crippen LogP contribution in [0.15, 0.2) is 27.3 Å². The fourth-order valence-corrected chi connectivity index (χ4v) is 1.15. The van der Waals surface area contributed by atoms with Crippen LogP contribution >= 0.6 is 0 Å². The summed E-state index contributed by atoms with van der Waals surface area (Å²) in [6.45, 7) is 0.528. The highest BCUT2D eigenvalue weighted by atomic mass is 16.5. The Bertz CT molecular complexity index is 380. The summed E-state index contributed by atoms with van der Waals surface area (Å²) in [6, 6.07) is 3.69. The summed E-state index contributed by atoms with van der Waals surface area (Å²) < 4.78 is 10.2. The Labute approximate surface area is 80.9 Å². The average molecular weight is 193 g/mol. The molecule has 0 saturated carbocycles. The molecule has 2 heterocycles. The van der Waals surface area contributed by atoms with Gasteiger partial charge in [0.15, 0.2) is 5.82 Å². The maximum Gasteiger partial charge on any atom is 0.234 e.